The van der Waals surface area contributed by atoms with Crippen LogP contribution >= 0.6 is 0 Å². The van der Waals surface area contributed by atoms with Gasteiger partial charge < -0.3 is 10.2 Å². The molecule has 4 nitrogen and oxygen atoms in total. The summed E-state index contributed by atoms with van der Waals surface area (Å²) in [5.74, 6) is -0.228. The summed E-state index contributed by atoms with van der Waals surface area (Å²) in [5.41, 5.74) is 3.89. The second-order valence-corrected chi connectivity index (χ2v) is 7.32. The first-order valence-corrected chi connectivity index (χ1v) is 9.61. The van der Waals surface area contributed by atoms with Crippen LogP contribution in [-0.4, -0.2) is 22.8 Å². The highest BCUT2D eigenvalue weighted by Gasteiger charge is 2.39. The van der Waals surface area contributed by atoms with E-state index >= 15 is 0 Å². The minimum Gasteiger partial charge on any atom is -0.329 e. The van der Waals surface area contributed by atoms with E-state index in [1.165, 1.54) is 17.2 Å². The molecule has 4 heteroatoms. The van der Waals surface area contributed by atoms with Crippen LogP contribution < -0.4 is 5.32 Å². The molecule has 2 amide bonds. The predicted molar refractivity (Wildman–Crippen MR) is 107 cm³/mol. The first-order valence-electron chi connectivity index (χ1n) is 9.61. The Bertz CT molecular complexity index is 885. The molecule has 0 aliphatic heterocycles. The zero-order valence-corrected chi connectivity index (χ0v) is 15.4. The van der Waals surface area contributed by atoms with Crippen molar-refractivity contribution in [2.24, 2.45) is 0 Å². The Kier molecular flexibility index (Phi) is 4.80. The molecule has 0 bridgehead atoms. The van der Waals surface area contributed by atoms with Gasteiger partial charge in [-0.15, -0.1) is 0 Å². The zero-order chi connectivity index (χ0) is 18.8. The third-order valence-electron chi connectivity index (χ3n) is 5.41. The average Bonchev–Trinajstić information content (AvgIpc) is 3.53. The summed E-state index contributed by atoms with van der Waals surface area (Å²) in [6.45, 7) is 3.47. The van der Waals surface area contributed by atoms with Crippen molar-refractivity contribution in [3.8, 4) is 0 Å². The van der Waals surface area contributed by atoms with Crippen LogP contribution in [0.5, 0.6) is 0 Å². The van der Waals surface area contributed by atoms with Crippen molar-refractivity contribution >= 4 is 17.5 Å². The molecule has 0 saturated heterocycles. The first kappa shape index (κ1) is 17.5. The highest BCUT2D eigenvalue weighted by atomic mass is 16.2. The summed E-state index contributed by atoms with van der Waals surface area (Å²) in [6, 6.07) is 16.1. The van der Waals surface area contributed by atoms with Gasteiger partial charge in [0.05, 0.1) is 6.04 Å². The van der Waals surface area contributed by atoms with Gasteiger partial charge in [-0.05, 0) is 67.5 Å². The SMILES string of the molecule is C=CC(=O)Nc1cccc(C(=O)N(C2CC2)C2CCCc3ccccc32)c1. The van der Waals surface area contributed by atoms with E-state index in [1.807, 2.05) is 12.1 Å². The molecule has 1 atom stereocenters. The molecule has 2 aliphatic carbocycles. The normalized spacial score (nSPS) is 18.3. The Labute approximate surface area is 159 Å². The van der Waals surface area contributed by atoms with Gasteiger partial charge in [-0.2, -0.15) is 0 Å². The van der Waals surface area contributed by atoms with Crippen LogP contribution in [0.4, 0.5) is 5.69 Å². The van der Waals surface area contributed by atoms with Gasteiger partial charge in [-0.1, -0.05) is 36.9 Å². The molecule has 138 valence electrons. The van der Waals surface area contributed by atoms with Gasteiger partial charge in [0.25, 0.3) is 5.91 Å². The van der Waals surface area contributed by atoms with Crippen LogP contribution in [-0.2, 0) is 11.2 Å². The number of benzene rings is 2. The van der Waals surface area contributed by atoms with Gasteiger partial charge in [0, 0.05) is 17.3 Å². The van der Waals surface area contributed by atoms with E-state index < -0.39 is 0 Å². The van der Waals surface area contributed by atoms with Crippen LogP contribution in [0, 0.1) is 0 Å². The molecule has 1 saturated carbocycles. The Morgan fingerprint density at radius 1 is 1.07 bits per heavy atom. The van der Waals surface area contributed by atoms with E-state index in [4.69, 9.17) is 0 Å². The minimum absolute atomic E-state index is 0.0499. The molecule has 2 aromatic carbocycles. The number of fused-ring (bicyclic) bond motifs is 1. The van der Waals surface area contributed by atoms with Gasteiger partial charge in [0.1, 0.15) is 0 Å². The van der Waals surface area contributed by atoms with Crippen LogP contribution in [0.3, 0.4) is 0 Å². The van der Waals surface area contributed by atoms with E-state index in [2.05, 4.69) is 41.1 Å². The third-order valence-corrected chi connectivity index (χ3v) is 5.41. The van der Waals surface area contributed by atoms with Gasteiger partial charge in [-0.3, -0.25) is 9.59 Å². The van der Waals surface area contributed by atoms with Crippen molar-refractivity contribution in [2.45, 2.75) is 44.2 Å². The maximum absolute atomic E-state index is 13.4. The average molecular weight is 360 g/mol. The smallest absolute Gasteiger partial charge is 0.254 e. The Hall–Kier alpha value is -2.88. The van der Waals surface area contributed by atoms with Crippen LogP contribution in [0.15, 0.2) is 61.2 Å². The molecule has 2 aromatic rings. The molecule has 2 aliphatic rings. The Morgan fingerprint density at radius 3 is 2.67 bits per heavy atom. The van der Waals surface area contributed by atoms with Gasteiger partial charge >= 0.3 is 0 Å². The lowest BCUT2D eigenvalue weighted by molar-refractivity contribution is -0.111. The van der Waals surface area contributed by atoms with Crippen LogP contribution in [0.25, 0.3) is 0 Å². The molecule has 0 radical (unpaired) electrons. The Morgan fingerprint density at radius 2 is 1.89 bits per heavy atom. The lowest BCUT2D eigenvalue weighted by Gasteiger charge is -2.36. The molecule has 27 heavy (non-hydrogen) atoms. The second kappa shape index (κ2) is 7.39. The number of hydrogen-bond donors (Lipinski definition) is 1. The lowest BCUT2D eigenvalue weighted by Crippen LogP contribution is -2.38. The van der Waals surface area contributed by atoms with Crippen molar-refractivity contribution in [1.29, 1.82) is 0 Å². The predicted octanol–water partition coefficient (Wildman–Crippen LogP) is 4.49. The quantitative estimate of drug-likeness (QED) is 0.799. The number of nitrogens with zero attached hydrogens (tertiary/aromatic N) is 1. The van der Waals surface area contributed by atoms with E-state index in [9.17, 15) is 9.59 Å². The molecule has 1 N–H and O–H groups in total. The summed E-state index contributed by atoms with van der Waals surface area (Å²) in [5, 5.41) is 2.74. The number of aryl methyl sites for hydroxylation is 1. The zero-order valence-electron chi connectivity index (χ0n) is 15.4. The lowest BCUT2D eigenvalue weighted by atomic mass is 9.86. The Balaban J connectivity index is 1.64. The fourth-order valence-corrected chi connectivity index (χ4v) is 4.00. The van der Waals surface area contributed by atoms with Gasteiger partial charge in [-0.25, -0.2) is 0 Å². The number of nitrogens with one attached hydrogen (secondary N) is 1. The van der Waals surface area contributed by atoms with E-state index in [0.717, 1.165) is 32.1 Å². The summed E-state index contributed by atoms with van der Waals surface area (Å²) in [6.07, 6.45) is 6.56. The molecule has 1 fully saturated rings. The van der Waals surface area contributed by atoms with Crippen molar-refractivity contribution < 1.29 is 9.59 Å². The summed E-state index contributed by atoms with van der Waals surface area (Å²) >= 11 is 0. The summed E-state index contributed by atoms with van der Waals surface area (Å²) in [4.78, 5) is 27.1. The van der Waals surface area contributed by atoms with Gasteiger partial charge in [0.15, 0.2) is 0 Å². The number of amides is 2. The fourth-order valence-electron chi connectivity index (χ4n) is 4.00. The molecular formula is C23H24N2O2. The van der Waals surface area contributed by atoms with E-state index in [1.54, 1.807) is 12.1 Å². The summed E-state index contributed by atoms with van der Waals surface area (Å²) < 4.78 is 0. The number of hydrogen-bond acceptors (Lipinski definition) is 2. The minimum atomic E-state index is -0.278. The highest BCUT2D eigenvalue weighted by molar-refractivity contribution is 6.01. The molecule has 0 spiro atoms. The monoisotopic (exact) mass is 360 g/mol. The number of carbonyl (C=O) groups is 2. The molecule has 0 aromatic heterocycles. The summed E-state index contributed by atoms with van der Waals surface area (Å²) in [7, 11) is 0. The maximum Gasteiger partial charge on any atom is 0.254 e. The maximum atomic E-state index is 13.4. The number of anilines is 1. The largest absolute Gasteiger partial charge is 0.329 e. The first-order chi connectivity index (χ1) is 13.2. The molecular weight excluding hydrogens is 336 g/mol. The van der Waals surface area contributed by atoms with Crippen molar-refractivity contribution in [1.82, 2.24) is 4.90 Å². The van der Waals surface area contributed by atoms with E-state index in [0.29, 0.717) is 17.3 Å². The molecule has 4 rings (SSSR count). The van der Waals surface area contributed by atoms with Gasteiger partial charge in [0.2, 0.25) is 5.91 Å². The third kappa shape index (κ3) is 3.65. The number of carbonyl (C=O) groups excluding carboxylic acids is 2. The van der Waals surface area contributed by atoms with E-state index in [-0.39, 0.29) is 17.9 Å². The standard InChI is InChI=1S/C23H24N2O2/c1-2-22(26)24-18-10-5-9-17(15-18)23(27)25(19-13-14-19)21-12-6-8-16-7-3-4-11-20(16)21/h2-5,7,9-11,15,19,21H,1,6,8,12-14H2,(H,24,26). The number of rotatable bonds is 5. The topological polar surface area (TPSA) is 49.4 Å². The molecule has 0 heterocycles. The van der Waals surface area contributed by atoms with Crippen molar-refractivity contribution in [3.63, 3.8) is 0 Å². The second-order valence-electron chi connectivity index (χ2n) is 7.32. The van der Waals surface area contributed by atoms with Crippen LogP contribution in [0.1, 0.15) is 53.2 Å². The highest BCUT2D eigenvalue weighted by Crippen LogP contribution is 2.41. The van der Waals surface area contributed by atoms with Crippen molar-refractivity contribution in [2.75, 3.05) is 5.32 Å². The molecule has 1 unspecified atom stereocenters. The fraction of sp³-hybridized carbons (Fsp3) is 0.304. The van der Waals surface area contributed by atoms with Crippen LogP contribution in [0.2, 0.25) is 0 Å². The van der Waals surface area contributed by atoms with Crippen molar-refractivity contribution in [3.05, 3.63) is 77.9 Å².